The summed E-state index contributed by atoms with van der Waals surface area (Å²) in [5, 5.41) is 0. The van der Waals surface area contributed by atoms with Crippen molar-refractivity contribution in [3.63, 3.8) is 0 Å². The standard InChI is InChI=1S/C11H18N4O/c1-4-8(2)15(3)11(16)9-5-6-13-7-10(9)14-12/h5-8,14H,4,12H2,1-3H3. The number of pyridine rings is 1. The Balaban J connectivity index is 2.95. The second-order valence-corrected chi connectivity index (χ2v) is 3.74. The zero-order valence-corrected chi connectivity index (χ0v) is 9.90. The number of rotatable bonds is 4. The van der Waals surface area contributed by atoms with E-state index in [0.717, 1.165) is 6.42 Å². The van der Waals surface area contributed by atoms with Crippen molar-refractivity contribution in [2.45, 2.75) is 26.3 Å². The van der Waals surface area contributed by atoms with Crippen molar-refractivity contribution in [2.75, 3.05) is 12.5 Å². The Bertz CT molecular complexity index is 367. The van der Waals surface area contributed by atoms with Crippen LogP contribution in [0.15, 0.2) is 18.5 Å². The van der Waals surface area contributed by atoms with E-state index in [0.29, 0.717) is 11.3 Å². The number of aromatic nitrogens is 1. The Hall–Kier alpha value is -1.62. The molecule has 1 aromatic rings. The molecule has 16 heavy (non-hydrogen) atoms. The molecule has 0 aromatic carbocycles. The molecular formula is C11H18N4O. The number of amides is 1. The van der Waals surface area contributed by atoms with Crippen molar-refractivity contribution in [1.82, 2.24) is 9.88 Å². The molecule has 0 saturated carbocycles. The first-order valence-electron chi connectivity index (χ1n) is 5.29. The second-order valence-electron chi connectivity index (χ2n) is 3.74. The van der Waals surface area contributed by atoms with Crippen LogP contribution >= 0.6 is 0 Å². The SMILES string of the molecule is CCC(C)N(C)C(=O)c1ccncc1NN. The quantitative estimate of drug-likeness (QED) is 0.594. The van der Waals surface area contributed by atoms with Crippen LogP contribution < -0.4 is 11.3 Å². The first-order valence-corrected chi connectivity index (χ1v) is 5.29. The monoisotopic (exact) mass is 222 g/mol. The molecule has 1 aromatic heterocycles. The van der Waals surface area contributed by atoms with Crippen LogP contribution in [0.4, 0.5) is 5.69 Å². The molecule has 1 rings (SSSR count). The lowest BCUT2D eigenvalue weighted by atomic mass is 10.1. The van der Waals surface area contributed by atoms with Crippen molar-refractivity contribution in [2.24, 2.45) is 5.84 Å². The normalized spacial score (nSPS) is 12.0. The van der Waals surface area contributed by atoms with Crippen LogP contribution in [0.3, 0.4) is 0 Å². The summed E-state index contributed by atoms with van der Waals surface area (Å²) in [4.78, 5) is 17.7. The molecule has 0 saturated heterocycles. The highest BCUT2D eigenvalue weighted by Gasteiger charge is 2.18. The molecular weight excluding hydrogens is 204 g/mol. The fourth-order valence-electron chi connectivity index (χ4n) is 1.36. The van der Waals surface area contributed by atoms with Crippen molar-refractivity contribution >= 4 is 11.6 Å². The van der Waals surface area contributed by atoms with Crippen LogP contribution in [-0.2, 0) is 0 Å². The summed E-state index contributed by atoms with van der Waals surface area (Å²) in [6, 6.07) is 1.86. The maximum atomic E-state index is 12.1. The van der Waals surface area contributed by atoms with E-state index in [9.17, 15) is 4.79 Å². The number of hydrogen-bond acceptors (Lipinski definition) is 4. The highest BCUT2D eigenvalue weighted by molar-refractivity contribution is 5.99. The van der Waals surface area contributed by atoms with Gasteiger partial charge in [-0.25, -0.2) is 0 Å². The van der Waals surface area contributed by atoms with Gasteiger partial charge < -0.3 is 10.3 Å². The molecule has 0 radical (unpaired) electrons. The van der Waals surface area contributed by atoms with Crippen LogP contribution in [-0.4, -0.2) is 28.9 Å². The number of carbonyl (C=O) groups excluding carboxylic acids is 1. The van der Waals surface area contributed by atoms with Crippen LogP contribution in [0.25, 0.3) is 0 Å². The highest BCUT2D eigenvalue weighted by Crippen LogP contribution is 2.15. The molecule has 1 unspecified atom stereocenters. The van der Waals surface area contributed by atoms with Gasteiger partial charge in [0, 0.05) is 19.3 Å². The van der Waals surface area contributed by atoms with Gasteiger partial charge in [-0.15, -0.1) is 0 Å². The van der Waals surface area contributed by atoms with Crippen molar-refractivity contribution < 1.29 is 4.79 Å². The third-order valence-electron chi connectivity index (χ3n) is 2.78. The van der Waals surface area contributed by atoms with E-state index in [-0.39, 0.29) is 11.9 Å². The van der Waals surface area contributed by atoms with Crippen molar-refractivity contribution in [3.05, 3.63) is 24.0 Å². The lowest BCUT2D eigenvalue weighted by Gasteiger charge is -2.24. The number of hydrogen-bond donors (Lipinski definition) is 2. The van der Waals surface area contributed by atoms with E-state index in [2.05, 4.69) is 10.4 Å². The lowest BCUT2D eigenvalue weighted by molar-refractivity contribution is 0.0741. The van der Waals surface area contributed by atoms with E-state index in [4.69, 9.17) is 5.84 Å². The van der Waals surface area contributed by atoms with Crippen LogP contribution in [0.2, 0.25) is 0 Å². The first-order chi connectivity index (χ1) is 7.61. The van der Waals surface area contributed by atoms with Crippen molar-refractivity contribution in [1.29, 1.82) is 0 Å². The topological polar surface area (TPSA) is 71.2 Å². The smallest absolute Gasteiger partial charge is 0.256 e. The van der Waals surface area contributed by atoms with Gasteiger partial charge in [-0.05, 0) is 19.4 Å². The average Bonchev–Trinajstić information content (AvgIpc) is 2.35. The van der Waals surface area contributed by atoms with Gasteiger partial charge in [0.25, 0.3) is 5.91 Å². The average molecular weight is 222 g/mol. The summed E-state index contributed by atoms with van der Waals surface area (Å²) in [6.45, 7) is 4.05. The Morgan fingerprint density at radius 2 is 2.38 bits per heavy atom. The molecule has 5 nitrogen and oxygen atoms in total. The van der Waals surface area contributed by atoms with Crippen LogP contribution in [0.5, 0.6) is 0 Å². The zero-order chi connectivity index (χ0) is 12.1. The maximum absolute atomic E-state index is 12.1. The summed E-state index contributed by atoms with van der Waals surface area (Å²) >= 11 is 0. The van der Waals surface area contributed by atoms with E-state index in [1.807, 2.05) is 13.8 Å². The molecule has 3 N–H and O–H groups in total. The largest absolute Gasteiger partial charge is 0.339 e. The number of nitrogen functional groups attached to an aromatic ring is 1. The van der Waals surface area contributed by atoms with Gasteiger partial charge in [-0.1, -0.05) is 6.92 Å². The summed E-state index contributed by atoms with van der Waals surface area (Å²) in [5.41, 5.74) is 3.56. The Morgan fingerprint density at radius 3 is 2.94 bits per heavy atom. The van der Waals surface area contributed by atoms with Gasteiger partial charge in [0.2, 0.25) is 0 Å². The van der Waals surface area contributed by atoms with Gasteiger partial charge in [0.1, 0.15) is 0 Å². The zero-order valence-electron chi connectivity index (χ0n) is 9.90. The lowest BCUT2D eigenvalue weighted by Crippen LogP contribution is -2.35. The third-order valence-corrected chi connectivity index (χ3v) is 2.78. The minimum Gasteiger partial charge on any atom is -0.339 e. The van der Waals surface area contributed by atoms with Gasteiger partial charge in [0.15, 0.2) is 0 Å². The molecule has 1 amide bonds. The summed E-state index contributed by atoms with van der Waals surface area (Å²) in [5.74, 6) is 5.29. The molecule has 0 spiro atoms. The highest BCUT2D eigenvalue weighted by atomic mass is 16.2. The molecule has 0 aliphatic carbocycles. The van der Waals surface area contributed by atoms with Gasteiger partial charge >= 0.3 is 0 Å². The number of carbonyl (C=O) groups is 1. The number of anilines is 1. The summed E-state index contributed by atoms with van der Waals surface area (Å²) < 4.78 is 0. The predicted octanol–water partition coefficient (Wildman–Crippen LogP) is 1.24. The summed E-state index contributed by atoms with van der Waals surface area (Å²) in [7, 11) is 1.79. The Kier molecular flexibility index (Phi) is 4.25. The fourth-order valence-corrected chi connectivity index (χ4v) is 1.36. The molecule has 0 aliphatic heterocycles. The second kappa shape index (κ2) is 5.46. The van der Waals surface area contributed by atoms with Gasteiger partial charge in [-0.3, -0.25) is 15.6 Å². The number of hydrazine groups is 1. The molecule has 5 heteroatoms. The Morgan fingerprint density at radius 1 is 1.69 bits per heavy atom. The number of nitrogens with one attached hydrogen (secondary N) is 1. The predicted molar refractivity (Wildman–Crippen MR) is 63.9 cm³/mol. The molecule has 0 bridgehead atoms. The van der Waals surface area contributed by atoms with Gasteiger partial charge in [0.05, 0.1) is 17.4 Å². The maximum Gasteiger partial charge on any atom is 0.256 e. The Labute approximate surface area is 95.6 Å². The van der Waals surface area contributed by atoms with Gasteiger partial charge in [-0.2, -0.15) is 0 Å². The van der Waals surface area contributed by atoms with E-state index in [1.54, 1.807) is 24.2 Å². The molecule has 88 valence electrons. The minimum atomic E-state index is -0.0512. The van der Waals surface area contributed by atoms with Crippen LogP contribution in [0.1, 0.15) is 30.6 Å². The molecule has 0 fully saturated rings. The minimum absolute atomic E-state index is 0.0512. The molecule has 1 atom stereocenters. The van der Waals surface area contributed by atoms with Crippen molar-refractivity contribution in [3.8, 4) is 0 Å². The number of nitrogens with two attached hydrogens (primary N) is 1. The molecule has 0 aliphatic rings. The summed E-state index contributed by atoms with van der Waals surface area (Å²) in [6.07, 6.45) is 4.04. The third kappa shape index (κ3) is 2.49. The fraction of sp³-hybridized carbons (Fsp3) is 0.455. The number of nitrogens with zero attached hydrogens (tertiary/aromatic N) is 2. The first kappa shape index (κ1) is 12.4. The molecule has 1 heterocycles. The van der Waals surface area contributed by atoms with Crippen LogP contribution in [0, 0.1) is 0 Å². The van der Waals surface area contributed by atoms with E-state index in [1.165, 1.54) is 6.20 Å². The van der Waals surface area contributed by atoms with E-state index >= 15 is 0 Å². The van der Waals surface area contributed by atoms with E-state index < -0.39 is 0 Å².